The van der Waals surface area contributed by atoms with Gasteiger partial charge in [0, 0.05) is 23.3 Å². The molecule has 102 valence electrons. The van der Waals surface area contributed by atoms with E-state index in [2.05, 4.69) is 14.7 Å². The number of hydrogen-bond acceptors (Lipinski definition) is 6. The lowest BCUT2D eigenvalue weighted by molar-refractivity contribution is 0.581. The van der Waals surface area contributed by atoms with Crippen LogP contribution < -0.4 is 10.5 Å². The summed E-state index contributed by atoms with van der Waals surface area (Å²) in [7, 11) is -3.58. The Morgan fingerprint density at radius 2 is 2.21 bits per heavy atom. The first-order valence-corrected chi connectivity index (χ1v) is 7.96. The summed E-state index contributed by atoms with van der Waals surface area (Å²) in [5.41, 5.74) is 5.47. The highest BCUT2D eigenvalue weighted by Gasteiger charge is 2.15. The quantitative estimate of drug-likeness (QED) is 0.863. The first-order valence-electron chi connectivity index (χ1n) is 5.66. The van der Waals surface area contributed by atoms with Gasteiger partial charge in [0.05, 0.1) is 11.4 Å². The molecule has 2 heterocycles. The van der Waals surface area contributed by atoms with E-state index in [4.69, 9.17) is 5.73 Å². The number of hydrogen-bond donors (Lipinski definition) is 2. The maximum absolute atomic E-state index is 12.0. The average Bonchev–Trinajstić information content (AvgIpc) is 2.84. The molecule has 0 bridgehead atoms. The fourth-order valence-electron chi connectivity index (χ4n) is 1.43. The van der Waals surface area contributed by atoms with E-state index >= 15 is 0 Å². The molecule has 3 N–H and O–H groups in total. The van der Waals surface area contributed by atoms with Crippen LogP contribution in [0.2, 0.25) is 0 Å². The first kappa shape index (κ1) is 13.9. The molecule has 2 aromatic heterocycles. The van der Waals surface area contributed by atoms with Gasteiger partial charge in [0.15, 0.2) is 0 Å². The summed E-state index contributed by atoms with van der Waals surface area (Å²) in [4.78, 5) is 9.15. The van der Waals surface area contributed by atoms with E-state index in [0.717, 1.165) is 16.3 Å². The first-order chi connectivity index (χ1) is 9.01. The Labute approximate surface area is 115 Å². The van der Waals surface area contributed by atoms with E-state index < -0.39 is 10.0 Å². The lowest BCUT2D eigenvalue weighted by Gasteiger charge is -2.05. The van der Waals surface area contributed by atoms with Gasteiger partial charge in [0.25, 0.3) is 0 Å². The van der Waals surface area contributed by atoms with Crippen LogP contribution in [0.1, 0.15) is 16.8 Å². The van der Waals surface area contributed by atoms with E-state index in [1.54, 1.807) is 6.20 Å². The number of nitrogens with two attached hydrogens (primary N) is 1. The zero-order chi connectivity index (χ0) is 13.9. The van der Waals surface area contributed by atoms with Crippen LogP contribution in [0, 0.1) is 0 Å². The molecule has 8 heteroatoms. The van der Waals surface area contributed by atoms with Gasteiger partial charge in [-0.1, -0.05) is 6.92 Å². The Balaban J connectivity index is 2.09. The van der Waals surface area contributed by atoms with Gasteiger partial charge in [0.2, 0.25) is 10.0 Å². The van der Waals surface area contributed by atoms with Crippen LogP contribution in [0.15, 0.2) is 29.4 Å². The lowest BCUT2D eigenvalue weighted by atomic mass is 10.4. The number of nitrogens with zero attached hydrogens (tertiary/aromatic N) is 2. The maximum atomic E-state index is 12.0. The molecule has 0 spiro atoms. The van der Waals surface area contributed by atoms with Crippen molar-refractivity contribution in [2.75, 3.05) is 5.73 Å². The fourth-order valence-corrected chi connectivity index (χ4v) is 3.33. The molecule has 0 aliphatic rings. The number of nitrogens with one attached hydrogen (secondary N) is 1. The summed E-state index contributed by atoms with van der Waals surface area (Å²) in [6.45, 7) is 2.20. The number of nitrogen functional groups attached to an aromatic ring is 1. The van der Waals surface area contributed by atoms with Crippen molar-refractivity contribution in [2.24, 2.45) is 0 Å². The average molecular weight is 298 g/mol. The molecule has 2 rings (SSSR count). The van der Waals surface area contributed by atoms with E-state index in [1.165, 1.54) is 29.7 Å². The summed E-state index contributed by atoms with van der Waals surface area (Å²) >= 11 is 1.50. The Morgan fingerprint density at radius 1 is 1.42 bits per heavy atom. The van der Waals surface area contributed by atoms with Crippen LogP contribution >= 0.6 is 11.3 Å². The molecular formula is C11H14N4O2S2. The van der Waals surface area contributed by atoms with Gasteiger partial charge in [-0.15, -0.1) is 11.3 Å². The van der Waals surface area contributed by atoms with Crippen molar-refractivity contribution >= 4 is 27.2 Å². The molecule has 0 aromatic carbocycles. The van der Waals surface area contributed by atoms with Gasteiger partial charge in [-0.25, -0.2) is 23.1 Å². The summed E-state index contributed by atoms with van der Waals surface area (Å²) in [5, 5.41) is 0.738. The SMILES string of the molecule is CCc1cnc(CNS(=O)(=O)c2ccnc(N)c2)s1. The second kappa shape index (κ2) is 5.64. The molecule has 0 saturated carbocycles. The van der Waals surface area contributed by atoms with E-state index in [9.17, 15) is 8.42 Å². The van der Waals surface area contributed by atoms with E-state index in [-0.39, 0.29) is 17.3 Å². The summed E-state index contributed by atoms with van der Waals surface area (Å²) < 4.78 is 26.5. The third-order valence-electron chi connectivity index (χ3n) is 2.43. The third-order valence-corrected chi connectivity index (χ3v) is 4.97. The Kier molecular flexibility index (Phi) is 4.13. The van der Waals surface area contributed by atoms with Gasteiger partial charge < -0.3 is 5.73 Å². The topological polar surface area (TPSA) is 98.0 Å². The number of anilines is 1. The Hall–Kier alpha value is -1.51. The molecule has 19 heavy (non-hydrogen) atoms. The van der Waals surface area contributed by atoms with E-state index in [1.807, 2.05) is 6.92 Å². The molecule has 0 aliphatic heterocycles. The highest BCUT2D eigenvalue weighted by atomic mass is 32.2. The summed E-state index contributed by atoms with van der Waals surface area (Å²) in [5.74, 6) is 0.172. The molecular weight excluding hydrogens is 284 g/mol. The van der Waals surface area contributed by atoms with Crippen molar-refractivity contribution in [3.05, 3.63) is 34.4 Å². The smallest absolute Gasteiger partial charge is 0.241 e. The minimum absolute atomic E-state index is 0.104. The molecule has 0 atom stereocenters. The fraction of sp³-hybridized carbons (Fsp3) is 0.273. The van der Waals surface area contributed by atoms with Crippen LogP contribution in [-0.4, -0.2) is 18.4 Å². The largest absolute Gasteiger partial charge is 0.384 e. The van der Waals surface area contributed by atoms with Crippen LogP contribution in [0.5, 0.6) is 0 Å². The van der Waals surface area contributed by atoms with Gasteiger partial charge in [0.1, 0.15) is 10.8 Å². The number of pyridine rings is 1. The van der Waals surface area contributed by atoms with Crippen LogP contribution in [0.25, 0.3) is 0 Å². The number of rotatable bonds is 5. The molecule has 0 amide bonds. The van der Waals surface area contributed by atoms with Gasteiger partial charge in [-0.2, -0.15) is 0 Å². The van der Waals surface area contributed by atoms with Crippen molar-refractivity contribution in [1.29, 1.82) is 0 Å². The zero-order valence-electron chi connectivity index (χ0n) is 10.3. The van der Waals surface area contributed by atoms with Crippen molar-refractivity contribution in [2.45, 2.75) is 24.8 Å². The van der Waals surface area contributed by atoms with Gasteiger partial charge in [-0.3, -0.25) is 0 Å². The second-order valence-corrected chi connectivity index (χ2v) is 6.78. The predicted molar refractivity (Wildman–Crippen MR) is 74.2 cm³/mol. The second-order valence-electron chi connectivity index (χ2n) is 3.81. The number of aryl methyl sites for hydroxylation is 1. The van der Waals surface area contributed by atoms with Gasteiger partial charge in [-0.05, 0) is 12.5 Å². The zero-order valence-corrected chi connectivity index (χ0v) is 12.0. The summed E-state index contributed by atoms with van der Waals surface area (Å²) in [6, 6.07) is 2.72. The van der Waals surface area contributed by atoms with E-state index in [0.29, 0.717) is 0 Å². The number of sulfonamides is 1. The van der Waals surface area contributed by atoms with Crippen molar-refractivity contribution in [3.63, 3.8) is 0 Å². The molecule has 0 saturated heterocycles. The van der Waals surface area contributed by atoms with Crippen molar-refractivity contribution in [3.8, 4) is 0 Å². The van der Waals surface area contributed by atoms with Crippen LogP contribution in [0.4, 0.5) is 5.82 Å². The Morgan fingerprint density at radius 3 is 2.84 bits per heavy atom. The Bertz CT molecular complexity index is 667. The summed E-state index contributed by atoms with van der Waals surface area (Å²) in [6.07, 6.45) is 4.02. The third kappa shape index (κ3) is 3.49. The molecule has 0 fully saturated rings. The predicted octanol–water partition coefficient (Wildman–Crippen LogP) is 1.16. The molecule has 0 aliphatic carbocycles. The van der Waals surface area contributed by atoms with Crippen molar-refractivity contribution in [1.82, 2.24) is 14.7 Å². The molecule has 2 aromatic rings. The minimum atomic E-state index is -3.58. The standard InChI is InChI=1S/C11H14N4O2S2/c1-2-8-6-14-11(18-8)7-15-19(16,17)9-3-4-13-10(12)5-9/h3-6,15H,2,7H2,1H3,(H2,12,13). The lowest BCUT2D eigenvalue weighted by Crippen LogP contribution is -2.23. The van der Waals surface area contributed by atoms with Crippen LogP contribution in [0.3, 0.4) is 0 Å². The normalized spacial score (nSPS) is 11.6. The molecule has 0 unspecified atom stereocenters. The highest BCUT2D eigenvalue weighted by Crippen LogP contribution is 2.15. The van der Waals surface area contributed by atoms with Gasteiger partial charge >= 0.3 is 0 Å². The maximum Gasteiger partial charge on any atom is 0.241 e. The number of aromatic nitrogens is 2. The molecule has 0 radical (unpaired) electrons. The van der Waals surface area contributed by atoms with Crippen molar-refractivity contribution < 1.29 is 8.42 Å². The number of thiazole rings is 1. The van der Waals surface area contributed by atoms with Crippen LogP contribution in [-0.2, 0) is 23.0 Å². The minimum Gasteiger partial charge on any atom is -0.384 e. The molecule has 6 nitrogen and oxygen atoms in total. The highest BCUT2D eigenvalue weighted by molar-refractivity contribution is 7.89. The monoisotopic (exact) mass is 298 g/mol.